The summed E-state index contributed by atoms with van der Waals surface area (Å²) in [6, 6.07) is 5.25. The number of fused-ring (bicyclic) bond motifs is 1. The summed E-state index contributed by atoms with van der Waals surface area (Å²) >= 11 is 0. The molecule has 0 bridgehead atoms. The molecule has 0 fully saturated rings. The number of nitrogens with two attached hydrogens (primary N) is 1. The molecule has 0 unspecified atom stereocenters. The number of nitrogens with zero attached hydrogens (tertiary/aromatic N) is 4. The maximum absolute atomic E-state index is 13.2. The van der Waals surface area contributed by atoms with E-state index in [2.05, 4.69) is 15.2 Å². The molecule has 0 amide bonds. The Hall–Kier alpha value is -5.66. The van der Waals surface area contributed by atoms with E-state index in [4.69, 9.17) is 5.84 Å². The van der Waals surface area contributed by atoms with Crippen LogP contribution in [0.5, 0.6) is 23.0 Å². The third-order valence-electron chi connectivity index (χ3n) is 5.45. The van der Waals surface area contributed by atoms with E-state index in [0.717, 1.165) is 35.0 Å². The van der Waals surface area contributed by atoms with Crippen LogP contribution < -0.4 is 5.84 Å². The molecular formula is C23H17N5O9. The van der Waals surface area contributed by atoms with Crippen LogP contribution in [0.3, 0.4) is 0 Å². The molecule has 2 aromatic carbocycles. The number of phenolic OH excluding ortho intramolecular Hbond substituents is 3. The van der Waals surface area contributed by atoms with Gasteiger partial charge < -0.3 is 36.5 Å². The van der Waals surface area contributed by atoms with Crippen LogP contribution in [0.25, 0.3) is 16.7 Å². The highest BCUT2D eigenvalue weighted by Crippen LogP contribution is 2.38. The quantitative estimate of drug-likeness (QED) is 0.0645. The number of aromatic hydroxyl groups is 4. The Morgan fingerprint density at radius 3 is 2.11 bits per heavy atom. The van der Waals surface area contributed by atoms with Crippen LogP contribution >= 0.6 is 0 Å². The Balaban J connectivity index is 1.95. The highest BCUT2D eigenvalue weighted by Gasteiger charge is 2.28. The van der Waals surface area contributed by atoms with Gasteiger partial charge in [0.25, 0.3) is 0 Å². The van der Waals surface area contributed by atoms with Gasteiger partial charge in [-0.3, -0.25) is 4.79 Å². The van der Waals surface area contributed by atoms with E-state index >= 15 is 0 Å². The van der Waals surface area contributed by atoms with E-state index in [1.54, 1.807) is 0 Å². The molecule has 14 nitrogen and oxygen atoms in total. The summed E-state index contributed by atoms with van der Waals surface area (Å²) in [6.07, 6.45) is 1.25. The molecule has 0 saturated carbocycles. The van der Waals surface area contributed by atoms with Crippen molar-refractivity contribution in [3.63, 3.8) is 0 Å². The number of hydrazone groups is 1. The van der Waals surface area contributed by atoms with E-state index in [1.807, 2.05) is 0 Å². The zero-order chi connectivity index (χ0) is 27.2. The first kappa shape index (κ1) is 24.5. The van der Waals surface area contributed by atoms with Gasteiger partial charge in [-0.2, -0.15) is 5.10 Å². The van der Waals surface area contributed by atoms with Crippen molar-refractivity contribution < 1.29 is 45.0 Å². The predicted molar refractivity (Wildman–Crippen MR) is 126 cm³/mol. The summed E-state index contributed by atoms with van der Waals surface area (Å²) in [5, 5.41) is 66.7. The molecule has 37 heavy (non-hydrogen) atoms. The molecule has 0 radical (unpaired) electrons. The van der Waals surface area contributed by atoms with Gasteiger partial charge in [-0.05, 0) is 37.3 Å². The number of aromatic nitrogens is 3. The molecule has 2 aromatic heterocycles. The number of aromatic carboxylic acids is 2. The van der Waals surface area contributed by atoms with E-state index in [-0.39, 0.29) is 39.1 Å². The summed E-state index contributed by atoms with van der Waals surface area (Å²) in [5.74, 6) is -1.42. The van der Waals surface area contributed by atoms with Gasteiger partial charge >= 0.3 is 11.9 Å². The summed E-state index contributed by atoms with van der Waals surface area (Å²) in [4.78, 5) is 40.4. The summed E-state index contributed by atoms with van der Waals surface area (Å²) in [7, 11) is 0. The number of rotatable bonds is 6. The van der Waals surface area contributed by atoms with Crippen molar-refractivity contribution >= 4 is 34.5 Å². The largest absolute Gasteiger partial charge is 0.505 e. The maximum Gasteiger partial charge on any atom is 0.335 e. The average Bonchev–Trinajstić information content (AvgIpc) is 3.28. The molecule has 0 atom stereocenters. The molecule has 4 aromatic rings. The number of pyridine rings is 1. The molecule has 188 valence electrons. The van der Waals surface area contributed by atoms with Crippen molar-refractivity contribution in [1.82, 2.24) is 14.8 Å². The minimum atomic E-state index is -1.38. The molecule has 14 heteroatoms. The Bertz CT molecular complexity index is 1640. The number of carboxylic acids is 2. The lowest BCUT2D eigenvalue weighted by Crippen LogP contribution is -2.19. The van der Waals surface area contributed by atoms with E-state index in [1.165, 1.54) is 13.1 Å². The minimum Gasteiger partial charge on any atom is -0.505 e. The predicted octanol–water partition coefficient (Wildman–Crippen LogP) is 1.49. The Kier molecular flexibility index (Phi) is 5.85. The summed E-state index contributed by atoms with van der Waals surface area (Å²) < 4.78 is 1.10. The zero-order valence-electron chi connectivity index (χ0n) is 18.7. The molecule has 0 aliphatic heterocycles. The molecule has 8 N–H and O–H groups in total. The van der Waals surface area contributed by atoms with E-state index in [9.17, 15) is 45.0 Å². The van der Waals surface area contributed by atoms with Gasteiger partial charge in [0, 0.05) is 6.20 Å². The maximum atomic E-state index is 13.2. The lowest BCUT2D eigenvalue weighted by molar-refractivity contribution is 0.0696. The fourth-order valence-corrected chi connectivity index (χ4v) is 3.62. The van der Waals surface area contributed by atoms with Crippen molar-refractivity contribution in [2.75, 3.05) is 0 Å². The van der Waals surface area contributed by atoms with Gasteiger partial charge in [-0.15, -0.1) is 5.10 Å². The first-order chi connectivity index (χ1) is 17.4. The number of ketones is 1. The minimum absolute atomic E-state index is 0.00462. The van der Waals surface area contributed by atoms with Crippen LogP contribution in [-0.4, -0.2) is 68.8 Å². The van der Waals surface area contributed by atoms with Gasteiger partial charge in [-0.1, -0.05) is 0 Å². The van der Waals surface area contributed by atoms with Crippen molar-refractivity contribution in [2.24, 2.45) is 10.9 Å². The summed E-state index contributed by atoms with van der Waals surface area (Å²) in [5.41, 5.74) is -1.99. The standard InChI is InChI=1S/C23H17N5O9/c1-8-17(30)15(16(26-24)18(31)12-2-3-14(29)20(33)19(12)32)13-7-28(27-21(13)25-8)11-5-9(22(34)35)4-10(6-11)23(36)37/h2-7,29-30,32-33H,24H2,1H3,(H,34,35)(H,36,37). The molecule has 0 aliphatic carbocycles. The second kappa shape index (κ2) is 8.84. The van der Waals surface area contributed by atoms with E-state index in [0.29, 0.717) is 0 Å². The topological polar surface area (TPSA) is 242 Å². The zero-order valence-corrected chi connectivity index (χ0v) is 18.7. The smallest absolute Gasteiger partial charge is 0.335 e. The molecule has 0 aliphatic rings. The highest BCUT2D eigenvalue weighted by molar-refractivity contribution is 6.54. The lowest BCUT2D eigenvalue weighted by Gasteiger charge is -2.11. The monoisotopic (exact) mass is 507 g/mol. The first-order valence-corrected chi connectivity index (χ1v) is 10.2. The Morgan fingerprint density at radius 2 is 1.54 bits per heavy atom. The van der Waals surface area contributed by atoms with Crippen LogP contribution in [0.4, 0.5) is 0 Å². The number of hydrogen-bond donors (Lipinski definition) is 7. The number of carbonyl (C=O) groups excluding carboxylic acids is 1. The van der Waals surface area contributed by atoms with Crippen LogP contribution in [-0.2, 0) is 0 Å². The van der Waals surface area contributed by atoms with Crippen molar-refractivity contribution in [1.29, 1.82) is 0 Å². The SMILES string of the molecule is Cc1nc2nn(-c3cc(C(=O)O)cc(C(=O)O)c3)cc2c(C(=NN)C(=O)c2ccc(O)c(O)c2O)c1O. The number of carboxylic acid groups (broad SMARTS) is 2. The molecule has 2 heterocycles. The number of Topliss-reactive ketones (excluding diaryl/α,β-unsaturated/α-hetero) is 1. The van der Waals surface area contributed by atoms with Crippen LogP contribution in [0.2, 0.25) is 0 Å². The third kappa shape index (κ3) is 4.07. The third-order valence-corrected chi connectivity index (χ3v) is 5.45. The average molecular weight is 507 g/mol. The number of phenols is 3. The number of benzene rings is 2. The first-order valence-electron chi connectivity index (χ1n) is 10.2. The normalized spacial score (nSPS) is 11.5. The van der Waals surface area contributed by atoms with Gasteiger partial charge in [0.15, 0.2) is 17.1 Å². The van der Waals surface area contributed by atoms with Crippen molar-refractivity contribution in [2.45, 2.75) is 6.92 Å². The second-order valence-corrected chi connectivity index (χ2v) is 7.75. The Morgan fingerprint density at radius 1 is 0.919 bits per heavy atom. The van der Waals surface area contributed by atoms with Gasteiger partial charge in [0.05, 0.1) is 39.0 Å². The number of aryl methyl sites for hydroxylation is 1. The molecular weight excluding hydrogens is 490 g/mol. The van der Waals surface area contributed by atoms with Gasteiger partial charge in [-0.25, -0.2) is 19.3 Å². The van der Waals surface area contributed by atoms with Crippen molar-refractivity contribution in [3.05, 3.63) is 64.5 Å². The van der Waals surface area contributed by atoms with Crippen LogP contribution in [0.15, 0.2) is 41.6 Å². The Labute approximate surface area is 205 Å². The van der Waals surface area contributed by atoms with Crippen LogP contribution in [0, 0.1) is 6.92 Å². The van der Waals surface area contributed by atoms with Gasteiger partial charge in [0.1, 0.15) is 11.5 Å². The van der Waals surface area contributed by atoms with Gasteiger partial charge in [0.2, 0.25) is 11.5 Å². The fourth-order valence-electron chi connectivity index (χ4n) is 3.62. The number of carbonyl (C=O) groups is 3. The van der Waals surface area contributed by atoms with Crippen molar-refractivity contribution in [3.8, 4) is 28.7 Å². The number of hydrogen-bond acceptors (Lipinski definition) is 11. The van der Waals surface area contributed by atoms with E-state index < -0.39 is 52.0 Å². The molecule has 4 rings (SSSR count). The molecule has 0 saturated heterocycles. The molecule has 0 spiro atoms. The summed E-state index contributed by atoms with van der Waals surface area (Å²) in [6.45, 7) is 1.40. The fraction of sp³-hybridized carbons (Fsp3) is 0.0435. The highest BCUT2D eigenvalue weighted by atomic mass is 16.4. The second-order valence-electron chi connectivity index (χ2n) is 7.75. The lowest BCUT2D eigenvalue weighted by atomic mass is 9.97. The van der Waals surface area contributed by atoms with Crippen LogP contribution in [0.1, 0.15) is 42.3 Å².